The van der Waals surface area contributed by atoms with Gasteiger partial charge in [-0.15, -0.1) is 0 Å². The Morgan fingerprint density at radius 1 is 1.12 bits per heavy atom. The fourth-order valence-electron chi connectivity index (χ4n) is 2.36. The maximum atomic E-state index is 6.07. The number of aryl methyl sites for hydroxylation is 1. The van der Waals surface area contributed by atoms with E-state index in [0.717, 1.165) is 17.0 Å². The maximum absolute atomic E-state index is 6.07. The molecular formula is C14H21NO. The molecule has 0 heterocycles. The van der Waals surface area contributed by atoms with E-state index in [1.165, 1.54) is 38.5 Å². The van der Waals surface area contributed by atoms with Crippen LogP contribution < -0.4 is 10.5 Å². The quantitative estimate of drug-likeness (QED) is 0.608. The summed E-state index contributed by atoms with van der Waals surface area (Å²) in [6, 6.07) is 5.95. The zero-order valence-electron chi connectivity index (χ0n) is 10.0. The Morgan fingerprint density at radius 3 is 2.44 bits per heavy atom. The summed E-state index contributed by atoms with van der Waals surface area (Å²) in [5.74, 6) is 0.898. The van der Waals surface area contributed by atoms with E-state index in [0.29, 0.717) is 6.10 Å². The Hall–Kier alpha value is -1.18. The van der Waals surface area contributed by atoms with Gasteiger partial charge in [0, 0.05) is 0 Å². The largest absolute Gasteiger partial charge is 0.488 e. The first-order chi connectivity index (χ1) is 7.77. The van der Waals surface area contributed by atoms with Gasteiger partial charge in [0.2, 0.25) is 0 Å². The standard InChI is InChI=1S/C14H21NO/c1-11-7-6-10-13(15)14(11)16-12-8-4-2-3-5-9-12/h6-7,10,12H,2-5,8-9,15H2,1H3. The van der Waals surface area contributed by atoms with E-state index < -0.39 is 0 Å². The van der Waals surface area contributed by atoms with E-state index in [4.69, 9.17) is 10.5 Å². The minimum absolute atomic E-state index is 0.367. The summed E-state index contributed by atoms with van der Waals surface area (Å²) in [7, 11) is 0. The first-order valence-electron chi connectivity index (χ1n) is 6.29. The first kappa shape index (κ1) is 11.3. The second kappa shape index (κ2) is 5.24. The molecule has 2 rings (SSSR count). The van der Waals surface area contributed by atoms with E-state index in [2.05, 4.69) is 13.0 Å². The number of ether oxygens (including phenoxy) is 1. The molecule has 2 heteroatoms. The minimum Gasteiger partial charge on any atom is -0.488 e. The molecule has 1 aromatic carbocycles. The van der Waals surface area contributed by atoms with Crippen molar-refractivity contribution in [3.05, 3.63) is 23.8 Å². The van der Waals surface area contributed by atoms with Gasteiger partial charge >= 0.3 is 0 Å². The SMILES string of the molecule is Cc1cccc(N)c1OC1CCCCCC1. The molecule has 0 unspecified atom stereocenters. The number of nitrogens with two attached hydrogens (primary N) is 1. The monoisotopic (exact) mass is 219 g/mol. The fraction of sp³-hybridized carbons (Fsp3) is 0.571. The van der Waals surface area contributed by atoms with Gasteiger partial charge in [-0.1, -0.05) is 25.0 Å². The molecule has 1 aliphatic rings. The molecule has 1 fully saturated rings. The lowest BCUT2D eigenvalue weighted by Crippen LogP contribution is -2.16. The molecule has 0 aromatic heterocycles. The molecule has 2 N–H and O–H groups in total. The van der Waals surface area contributed by atoms with E-state index in [1.807, 2.05) is 12.1 Å². The van der Waals surface area contributed by atoms with Gasteiger partial charge in [0.05, 0.1) is 11.8 Å². The Morgan fingerprint density at radius 2 is 1.81 bits per heavy atom. The van der Waals surface area contributed by atoms with Crippen LogP contribution in [0.1, 0.15) is 44.1 Å². The van der Waals surface area contributed by atoms with Gasteiger partial charge in [-0.2, -0.15) is 0 Å². The van der Waals surface area contributed by atoms with Crippen LogP contribution in [0.2, 0.25) is 0 Å². The molecule has 2 nitrogen and oxygen atoms in total. The molecule has 0 aliphatic heterocycles. The number of hydrogen-bond acceptors (Lipinski definition) is 2. The van der Waals surface area contributed by atoms with Gasteiger partial charge in [0.25, 0.3) is 0 Å². The fourth-order valence-corrected chi connectivity index (χ4v) is 2.36. The maximum Gasteiger partial charge on any atom is 0.145 e. The smallest absolute Gasteiger partial charge is 0.145 e. The summed E-state index contributed by atoms with van der Waals surface area (Å²) in [6.45, 7) is 2.06. The normalized spacial score (nSPS) is 18.1. The summed E-state index contributed by atoms with van der Waals surface area (Å²) in [5, 5.41) is 0. The molecule has 0 atom stereocenters. The lowest BCUT2D eigenvalue weighted by atomic mass is 10.1. The molecular weight excluding hydrogens is 198 g/mol. The summed E-state index contributed by atoms with van der Waals surface area (Å²) in [6.07, 6.45) is 7.99. The molecule has 1 saturated carbocycles. The van der Waals surface area contributed by atoms with E-state index in [-0.39, 0.29) is 0 Å². The predicted molar refractivity (Wildman–Crippen MR) is 67.7 cm³/mol. The third-order valence-corrected chi connectivity index (χ3v) is 3.33. The van der Waals surface area contributed by atoms with Crippen molar-refractivity contribution in [1.29, 1.82) is 0 Å². The second-order valence-electron chi connectivity index (χ2n) is 4.72. The number of rotatable bonds is 2. The summed E-state index contributed by atoms with van der Waals surface area (Å²) < 4.78 is 6.07. The van der Waals surface area contributed by atoms with Crippen molar-refractivity contribution in [3.63, 3.8) is 0 Å². The van der Waals surface area contributed by atoms with Crippen molar-refractivity contribution in [2.75, 3.05) is 5.73 Å². The van der Waals surface area contributed by atoms with Gasteiger partial charge in [-0.3, -0.25) is 0 Å². The van der Waals surface area contributed by atoms with Gasteiger partial charge < -0.3 is 10.5 Å². The van der Waals surface area contributed by atoms with Crippen molar-refractivity contribution in [2.45, 2.75) is 51.6 Å². The summed E-state index contributed by atoms with van der Waals surface area (Å²) in [5.41, 5.74) is 7.86. The first-order valence-corrected chi connectivity index (χ1v) is 6.29. The van der Waals surface area contributed by atoms with Crippen LogP contribution in [0.25, 0.3) is 0 Å². The average molecular weight is 219 g/mol. The van der Waals surface area contributed by atoms with Crippen LogP contribution >= 0.6 is 0 Å². The second-order valence-corrected chi connectivity index (χ2v) is 4.72. The van der Waals surface area contributed by atoms with Crippen molar-refractivity contribution >= 4 is 5.69 Å². The van der Waals surface area contributed by atoms with Gasteiger partial charge in [0.1, 0.15) is 5.75 Å². The van der Waals surface area contributed by atoms with Crippen LogP contribution in [0.15, 0.2) is 18.2 Å². The van der Waals surface area contributed by atoms with Crippen molar-refractivity contribution in [1.82, 2.24) is 0 Å². The van der Waals surface area contributed by atoms with Crippen molar-refractivity contribution in [3.8, 4) is 5.75 Å². The average Bonchev–Trinajstić information content (AvgIpc) is 2.52. The Labute approximate surface area is 97.8 Å². The Balaban J connectivity index is 2.07. The van der Waals surface area contributed by atoms with Gasteiger partial charge in [-0.05, 0) is 44.2 Å². The van der Waals surface area contributed by atoms with Gasteiger partial charge in [-0.25, -0.2) is 0 Å². The summed E-state index contributed by atoms with van der Waals surface area (Å²) >= 11 is 0. The molecule has 0 saturated heterocycles. The number of benzene rings is 1. The van der Waals surface area contributed by atoms with E-state index in [1.54, 1.807) is 0 Å². The van der Waals surface area contributed by atoms with E-state index >= 15 is 0 Å². The Kier molecular flexibility index (Phi) is 3.70. The molecule has 16 heavy (non-hydrogen) atoms. The minimum atomic E-state index is 0.367. The topological polar surface area (TPSA) is 35.2 Å². The Bertz CT molecular complexity index is 320. The lowest BCUT2D eigenvalue weighted by molar-refractivity contribution is 0.183. The molecule has 0 spiro atoms. The molecule has 0 radical (unpaired) electrons. The van der Waals surface area contributed by atoms with Crippen LogP contribution in [0.5, 0.6) is 5.75 Å². The summed E-state index contributed by atoms with van der Waals surface area (Å²) in [4.78, 5) is 0. The molecule has 88 valence electrons. The number of para-hydroxylation sites is 1. The van der Waals surface area contributed by atoms with Crippen LogP contribution in [-0.4, -0.2) is 6.10 Å². The van der Waals surface area contributed by atoms with Crippen LogP contribution in [0.4, 0.5) is 5.69 Å². The highest BCUT2D eigenvalue weighted by molar-refractivity contribution is 5.56. The number of nitrogen functional groups attached to an aromatic ring is 1. The number of hydrogen-bond donors (Lipinski definition) is 1. The van der Waals surface area contributed by atoms with Crippen LogP contribution in [-0.2, 0) is 0 Å². The van der Waals surface area contributed by atoms with Gasteiger partial charge in [0.15, 0.2) is 0 Å². The molecule has 0 bridgehead atoms. The third kappa shape index (κ3) is 2.69. The molecule has 0 amide bonds. The van der Waals surface area contributed by atoms with Crippen molar-refractivity contribution < 1.29 is 4.74 Å². The number of anilines is 1. The predicted octanol–water partition coefficient (Wildman–Crippen LogP) is 3.68. The van der Waals surface area contributed by atoms with Crippen molar-refractivity contribution in [2.24, 2.45) is 0 Å². The highest BCUT2D eigenvalue weighted by Gasteiger charge is 2.15. The van der Waals surface area contributed by atoms with Crippen LogP contribution in [0, 0.1) is 6.92 Å². The zero-order valence-corrected chi connectivity index (χ0v) is 10.0. The lowest BCUT2D eigenvalue weighted by Gasteiger charge is -2.19. The van der Waals surface area contributed by atoms with Crippen LogP contribution in [0.3, 0.4) is 0 Å². The molecule has 1 aliphatic carbocycles. The molecule has 1 aromatic rings. The zero-order chi connectivity index (χ0) is 11.4. The third-order valence-electron chi connectivity index (χ3n) is 3.33. The highest BCUT2D eigenvalue weighted by atomic mass is 16.5. The van der Waals surface area contributed by atoms with E-state index in [9.17, 15) is 0 Å². The highest BCUT2D eigenvalue weighted by Crippen LogP contribution is 2.29.